The zero-order chi connectivity index (χ0) is 24.7. The predicted octanol–water partition coefficient (Wildman–Crippen LogP) is 3.45. The van der Waals surface area contributed by atoms with Crippen LogP contribution in [0.2, 0.25) is 0 Å². The maximum absolute atomic E-state index is 12.6. The summed E-state index contributed by atoms with van der Waals surface area (Å²) >= 11 is 3.03. The lowest BCUT2D eigenvalue weighted by molar-refractivity contribution is 0.0383. The number of amides is 1. The van der Waals surface area contributed by atoms with Crippen molar-refractivity contribution in [2.24, 2.45) is 0 Å². The van der Waals surface area contributed by atoms with Gasteiger partial charge in [-0.2, -0.15) is 0 Å². The van der Waals surface area contributed by atoms with Gasteiger partial charge in [-0.3, -0.25) is 19.2 Å². The Labute approximate surface area is 217 Å². The molecule has 0 spiro atoms. The van der Waals surface area contributed by atoms with E-state index in [1.807, 2.05) is 29.6 Å². The van der Waals surface area contributed by atoms with Crippen molar-refractivity contribution in [2.75, 3.05) is 39.4 Å². The number of rotatable bonds is 9. The van der Waals surface area contributed by atoms with Gasteiger partial charge in [0.05, 0.1) is 24.7 Å². The van der Waals surface area contributed by atoms with Crippen molar-refractivity contribution in [3.63, 3.8) is 0 Å². The molecule has 0 atom stereocenters. The van der Waals surface area contributed by atoms with Crippen LogP contribution >= 0.6 is 23.1 Å². The fourth-order valence-electron chi connectivity index (χ4n) is 3.93. The van der Waals surface area contributed by atoms with Crippen molar-refractivity contribution in [1.29, 1.82) is 0 Å². The van der Waals surface area contributed by atoms with E-state index in [1.165, 1.54) is 11.3 Å². The number of carbonyl (C=O) groups excluding carboxylic acids is 1. The van der Waals surface area contributed by atoms with E-state index in [-0.39, 0.29) is 5.91 Å². The third-order valence-electron chi connectivity index (χ3n) is 5.84. The first-order chi connectivity index (χ1) is 17.7. The molecule has 0 saturated carbocycles. The highest BCUT2D eigenvalue weighted by Crippen LogP contribution is 2.31. The minimum Gasteiger partial charge on any atom is -0.379 e. The summed E-state index contributed by atoms with van der Waals surface area (Å²) < 4.78 is 7.42. The Morgan fingerprint density at radius 3 is 2.83 bits per heavy atom. The number of morpholine rings is 1. The molecule has 1 aromatic carbocycles. The van der Waals surface area contributed by atoms with Crippen LogP contribution in [0.15, 0.2) is 59.3 Å². The normalized spacial score (nSPS) is 14.1. The van der Waals surface area contributed by atoms with Gasteiger partial charge < -0.3 is 10.1 Å². The molecular formula is C25H27N7O2S2. The van der Waals surface area contributed by atoms with Crippen LogP contribution in [0, 0.1) is 6.92 Å². The van der Waals surface area contributed by atoms with Crippen LogP contribution in [0.25, 0.3) is 17.1 Å². The van der Waals surface area contributed by atoms with E-state index in [0.29, 0.717) is 18.0 Å². The maximum Gasteiger partial charge on any atom is 0.270 e. The highest BCUT2D eigenvalue weighted by atomic mass is 32.2. The minimum atomic E-state index is -0.141. The maximum atomic E-state index is 12.6. The van der Waals surface area contributed by atoms with Gasteiger partial charge in [0.2, 0.25) is 0 Å². The average molecular weight is 522 g/mol. The SMILES string of the molecule is Cc1ccccc1-n1c(SCc2nc(C(=O)NCCN3CCOCC3)cs2)nnc1-c1cccnc1. The number of aromatic nitrogens is 5. The first-order valence-corrected chi connectivity index (χ1v) is 13.6. The van der Waals surface area contributed by atoms with E-state index in [2.05, 4.69) is 54.0 Å². The molecular weight excluding hydrogens is 494 g/mol. The minimum absolute atomic E-state index is 0.141. The lowest BCUT2D eigenvalue weighted by atomic mass is 10.2. The average Bonchev–Trinajstić information content (AvgIpc) is 3.56. The van der Waals surface area contributed by atoms with Gasteiger partial charge in [-0.1, -0.05) is 30.0 Å². The fourth-order valence-corrected chi connectivity index (χ4v) is 5.66. The molecule has 11 heteroatoms. The van der Waals surface area contributed by atoms with E-state index in [4.69, 9.17) is 4.74 Å². The summed E-state index contributed by atoms with van der Waals surface area (Å²) in [5.74, 6) is 1.18. The summed E-state index contributed by atoms with van der Waals surface area (Å²) in [6.45, 7) is 6.80. The third kappa shape index (κ3) is 5.81. The van der Waals surface area contributed by atoms with Crippen molar-refractivity contribution < 1.29 is 9.53 Å². The topological polar surface area (TPSA) is 98.1 Å². The Bertz CT molecular complexity index is 1300. The van der Waals surface area contributed by atoms with Gasteiger partial charge in [-0.05, 0) is 30.7 Å². The van der Waals surface area contributed by atoms with Gasteiger partial charge in [0.25, 0.3) is 5.91 Å². The van der Waals surface area contributed by atoms with Crippen LogP contribution < -0.4 is 5.32 Å². The van der Waals surface area contributed by atoms with Gasteiger partial charge in [-0.25, -0.2) is 4.98 Å². The largest absolute Gasteiger partial charge is 0.379 e. The van der Waals surface area contributed by atoms with E-state index in [1.54, 1.807) is 24.2 Å². The molecule has 0 aliphatic carbocycles. The summed E-state index contributed by atoms with van der Waals surface area (Å²) in [4.78, 5) is 23.7. The van der Waals surface area contributed by atoms with E-state index in [0.717, 1.165) is 65.7 Å². The number of carbonyl (C=O) groups is 1. The Morgan fingerprint density at radius 1 is 1.17 bits per heavy atom. The molecule has 5 rings (SSSR count). The highest BCUT2D eigenvalue weighted by Gasteiger charge is 2.19. The van der Waals surface area contributed by atoms with Crippen LogP contribution in [0.4, 0.5) is 0 Å². The second kappa shape index (κ2) is 11.7. The molecule has 36 heavy (non-hydrogen) atoms. The summed E-state index contributed by atoms with van der Waals surface area (Å²) in [5, 5.41) is 15.4. The standard InChI is InChI=1S/C25H27N7O2S2/c1-18-5-2-3-7-21(18)32-23(19-6-4-8-26-15-19)29-30-25(32)36-17-22-28-20(16-35-22)24(33)27-9-10-31-11-13-34-14-12-31/h2-8,15-16H,9-14,17H2,1H3,(H,27,33). The van der Waals surface area contributed by atoms with E-state index in [9.17, 15) is 4.79 Å². The van der Waals surface area contributed by atoms with Crippen molar-refractivity contribution in [3.8, 4) is 17.1 Å². The number of nitrogens with zero attached hydrogens (tertiary/aromatic N) is 6. The second-order valence-electron chi connectivity index (χ2n) is 8.29. The lowest BCUT2D eigenvalue weighted by Crippen LogP contribution is -2.41. The predicted molar refractivity (Wildman–Crippen MR) is 141 cm³/mol. The van der Waals surface area contributed by atoms with E-state index >= 15 is 0 Å². The molecule has 1 aliphatic rings. The molecule has 0 radical (unpaired) electrons. The zero-order valence-electron chi connectivity index (χ0n) is 20.0. The number of pyridine rings is 1. The number of hydrogen-bond donors (Lipinski definition) is 1. The fraction of sp³-hybridized carbons (Fsp3) is 0.320. The third-order valence-corrected chi connectivity index (χ3v) is 7.81. The quantitative estimate of drug-likeness (QED) is 0.335. The number of aryl methyl sites for hydroxylation is 1. The smallest absolute Gasteiger partial charge is 0.270 e. The van der Waals surface area contributed by atoms with Gasteiger partial charge in [0.15, 0.2) is 11.0 Å². The zero-order valence-corrected chi connectivity index (χ0v) is 21.6. The van der Waals surface area contributed by atoms with Crippen LogP contribution in [0.5, 0.6) is 0 Å². The number of thioether (sulfide) groups is 1. The van der Waals surface area contributed by atoms with Crippen LogP contribution in [0.3, 0.4) is 0 Å². The van der Waals surface area contributed by atoms with Crippen molar-refractivity contribution in [1.82, 2.24) is 34.9 Å². The van der Waals surface area contributed by atoms with Crippen molar-refractivity contribution in [2.45, 2.75) is 17.8 Å². The van der Waals surface area contributed by atoms with Gasteiger partial charge in [0, 0.05) is 49.5 Å². The Kier molecular flexibility index (Phi) is 8.01. The molecule has 0 bridgehead atoms. The summed E-state index contributed by atoms with van der Waals surface area (Å²) in [6.07, 6.45) is 3.53. The summed E-state index contributed by atoms with van der Waals surface area (Å²) in [6, 6.07) is 12.0. The number of hydrogen-bond acceptors (Lipinski definition) is 9. The van der Waals surface area contributed by atoms with Crippen molar-refractivity contribution >= 4 is 29.0 Å². The summed E-state index contributed by atoms with van der Waals surface area (Å²) in [7, 11) is 0. The Balaban J connectivity index is 1.26. The van der Waals surface area contributed by atoms with Crippen molar-refractivity contribution in [3.05, 3.63) is 70.4 Å². The number of ether oxygens (including phenoxy) is 1. The first-order valence-electron chi connectivity index (χ1n) is 11.8. The van der Waals surface area contributed by atoms with Gasteiger partial charge in [-0.15, -0.1) is 21.5 Å². The molecule has 186 valence electrons. The molecule has 9 nitrogen and oxygen atoms in total. The Morgan fingerprint density at radius 2 is 2.03 bits per heavy atom. The lowest BCUT2D eigenvalue weighted by Gasteiger charge is -2.26. The van der Waals surface area contributed by atoms with Gasteiger partial charge >= 0.3 is 0 Å². The number of thiazole rings is 1. The highest BCUT2D eigenvalue weighted by molar-refractivity contribution is 7.98. The molecule has 1 fully saturated rings. The molecule has 3 aromatic heterocycles. The molecule has 1 amide bonds. The number of benzene rings is 1. The van der Waals surface area contributed by atoms with Crippen LogP contribution in [0.1, 0.15) is 21.1 Å². The van der Waals surface area contributed by atoms with Gasteiger partial charge in [0.1, 0.15) is 10.7 Å². The summed E-state index contributed by atoms with van der Waals surface area (Å²) in [5.41, 5.74) is 3.48. The first kappa shape index (κ1) is 24.6. The van der Waals surface area contributed by atoms with Crippen LogP contribution in [-0.4, -0.2) is 74.9 Å². The number of nitrogens with one attached hydrogen (secondary N) is 1. The molecule has 1 aliphatic heterocycles. The molecule has 4 aromatic rings. The van der Waals surface area contributed by atoms with Crippen LogP contribution in [-0.2, 0) is 10.5 Å². The number of para-hydroxylation sites is 1. The van der Waals surface area contributed by atoms with E-state index < -0.39 is 0 Å². The second-order valence-corrected chi connectivity index (χ2v) is 10.2. The molecule has 0 unspecified atom stereocenters. The monoisotopic (exact) mass is 521 g/mol. The Hall–Kier alpha value is -3.12. The molecule has 1 N–H and O–H groups in total. The molecule has 4 heterocycles. The molecule has 1 saturated heterocycles.